The lowest BCUT2D eigenvalue weighted by atomic mass is 9.91. The molecule has 0 unspecified atom stereocenters. The highest BCUT2D eigenvalue weighted by Gasteiger charge is 2.27. The summed E-state index contributed by atoms with van der Waals surface area (Å²) >= 11 is 0. The lowest BCUT2D eigenvalue weighted by molar-refractivity contribution is -0.123. The second kappa shape index (κ2) is 8.34. The highest BCUT2D eigenvalue weighted by molar-refractivity contribution is 5.88. The van der Waals surface area contributed by atoms with Crippen molar-refractivity contribution in [2.45, 2.75) is 51.1 Å². The zero-order valence-corrected chi connectivity index (χ0v) is 14.5. The first-order valence-corrected chi connectivity index (χ1v) is 9.13. The molecule has 1 amide bonds. The largest absolute Gasteiger partial charge is 0.493 e. The Balaban J connectivity index is 1.84. The molecule has 1 aromatic carbocycles. The van der Waals surface area contributed by atoms with E-state index < -0.39 is 5.97 Å². The van der Waals surface area contributed by atoms with E-state index in [9.17, 15) is 14.7 Å². The molecular formula is C19H26N2O4. The molecule has 25 heavy (non-hydrogen) atoms. The number of aromatic carboxylic acids is 1. The Hall–Kier alpha value is -2.08. The monoisotopic (exact) mass is 346 g/mol. The van der Waals surface area contributed by atoms with E-state index in [1.807, 2.05) is 6.07 Å². The summed E-state index contributed by atoms with van der Waals surface area (Å²) in [6, 6.07) is 5.46. The number of carbonyl (C=O) groups excluding carboxylic acids is 1. The van der Waals surface area contributed by atoms with Crippen LogP contribution in [0, 0.1) is 0 Å². The van der Waals surface area contributed by atoms with Crippen LogP contribution in [0.5, 0.6) is 5.75 Å². The summed E-state index contributed by atoms with van der Waals surface area (Å²) in [5.41, 5.74) is 1.18. The van der Waals surface area contributed by atoms with Gasteiger partial charge in [-0.1, -0.05) is 12.5 Å². The van der Waals surface area contributed by atoms with Crippen LogP contribution in [0.1, 0.15) is 54.4 Å². The SMILES string of the molecule is O=C1CN(C2CCC2)Cc2ccc(C(=O)O)cc2OCCCCCN1. The van der Waals surface area contributed by atoms with E-state index in [0.717, 1.165) is 37.7 Å². The van der Waals surface area contributed by atoms with Crippen LogP contribution >= 0.6 is 0 Å². The molecule has 1 heterocycles. The van der Waals surface area contributed by atoms with Crippen LogP contribution in [0.25, 0.3) is 0 Å². The van der Waals surface area contributed by atoms with Crippen molar-refractivity contribution in [3.05, 3.63) is 29.3 Å². The van der Waals surface area contributed by atoms with Crippen molar-refractivity contribution in [2.75, 3.05) is 19.7 Å². The van der Waals surface area contributed by atoms with Crippen LogP contribution in [0.3, 0.4) is 0 Å². The Morgan fingerprint density at radius 2 is 2.00 bits per heavy atom. The topological polar surface area (TPSA) is 78.9 Å². The van der Waals surface area contributed by atoms with Crippen molar-refractivity contribution in [3.8, 4) is 5.75 Å². The summed E-state index contributed by atoms with van der Waals surface area (Å²) in [5.74, 6) is -0.260. The van der Waals surface area contributed by atoms with Gasteiger partial charge in [0.15, 0.2) is 0 Å². The fourth-order valence-corrected chi connectivity index (χ4v) is 3.29. The molecule has 0 aromatic heterocycles. The summed E-state index contributed by atoms with van der Waals surface area (Å²) in [6.45, 7) is 2.25. The van der Waals surface area contributed by atoms with E-state index in [4.69, 9.17) is 4.74 Å². The predicted molar refractivity (Wildman–Crippen MR) is 93.8 cm³/mol. The average Bonchev–Trinajstić information content (AvgIpc) is 2.53. The Bertz CT molecular complexity index is 628. The molecule has 136 valence electrons. The van der Waals surface area contributed by atoms with E-state index in [1.54, 1.807) is 12.1 Å². The van der Waals surface area contributed by atoms with E-state index in [1.165, 1.54) is 6.42 Å². The van der Waals surface area contributed by atoms with Crippen LogP contribution in [-0.4, -0.2) is 47.6 Å². The minimum atomic E-state index is -0.954. The fraction of sp³-hybridized carbons (Fsp3) is 0.579. The summed E-state index contributed by atoms with van der Waals surface area (Å²) in [6.07, 6.45) is 6.21. The summed E-state index contributed by atoms with van der Waals surface area (Å²) in [7, 11) is 0. The van der Waals surface area contributed by atoms with E-state index in [0.29, 0.717) is 38.0 Å². The lowest BCUT2D eigenvalue weighted by Gasteiger charge is -2.37. The van der Waals surface area contributed by atoms with Gasteiger partial charge in [-0.05, 0) is 44.2 Å². The van der Waals surface area contributed by atoms with Gasteiger partial charge in [0.2, 0.25) is 5.91 Å². The van der Waals surface area contributed by atoms with Crippen molar-refractivity contribution in [1.82, 2.24) is 10.2 Å². The van der Waals surface area contributed by atoms with Crippen molar-refractivity contribution in [1.29, 1.82) is 0 Å². The number of hydrogen-bond donors (Lipinski definition) is 2. The normalized spacial score (nSPS) is 20.7. The van der Waals surface area contributed by atoms with Gasteiger partial charge in [0.1, 0.15) is 5.75 Å². The van der Waals surface area contributed by atoms with Crippen LogP contribution < -0.4 is 10.1 Å². The number of rotatable bonds is 2. The average molecular weight is 346 g/mol. The number of ether oxygens (including phenoxy) is 1. The number of nitrogens with zero attached hydrogens (tertiary/aromatic N) is 1. The Morgan fingerprint density at radius 1 is 1.16 bits per heavy atom. The molecular weight excluding hydrogens is 320 g/mol. The van der Waals surface area contributed by atoms with Crippen molar-refractivity contribution in [3.63, 3.8) is 0 Å². The first-order chi connectivity index (χ1) is 12.1. The maximum absolute atomic E-state index is 12.2. The molecule has 0 atom stereocenters. The molecule has 0 spiro atoms. The molecule has 6 nitrogen and oxygen atoms in total. The van der Waals surface area contributed by atoms with Gasteiger partial charge < -0.3 is 15.2 Å². The number of fused-ring (bicyclic) bond motifs is 1. The predicted octanol–water partition coefficient (Wildman–Crippen LogP) is 2.42. The molecule has 1 saturated carbocycles. The molecule has 6 heteroatoms. The van der Waals surface area contributed by atoms with Gasteiger partial charge >= 0.3 is 5.97 Å². The number of benzene rings is 1. The van der Waals surface area contributed by atoms with Gasteiger partial charge in [-0.3, -0.25) is 9.69 Å². The zero-order chi connectivity index (χ0) is 17.6. The molecule has 1 fully saturated rings. The second-order valence-electron chi connectivity index (χ2n) is 6.88. The number of hydrogen-bond acceptors (Lipinski definition) is 4. The minimum absolute atomic E-state index is 0.0655. The van der Waals surface area contributed by atoms with Gasteiger partial charge in [-0.2, -0.15) is 0 Å². The van der Waals surface area contributed by atoms with E-state index >= 15 is 0 Å². The fourth-order valence-electron chi connectivity index (χ4n) is 3.29. The van der Waals surface area contributed by atoms with Crippen molar-refractivity contribution >= 4 is 11.9 Å². The van der Waals surface area contributed by atoms with E-state index in [-0.39, 0.29) is 11.5 Å². The van der Waals surface area contributed by atoms with Crippen LogP contribution in [0.15, 0.2) is 18.2 Å². The summed E-state index contributed by atoms with van der Waals surface area (Å²) in [4.78, 5) is 25.7. The third kappa shape index (κ3) is 4.72. The van der Waals surface area contributed by atoms with Gasteiger partial charge in [-0.25, -0.2) is 4.79 Å². The maximum Gasteiger partial charge on any atom is 0.335 e. The quantitative estimate of drug-likeness (QED) is 0.860. The summed E-state index contributed by atoms with van der Waals surface area (Å²) in [5, 5.41) is 12.2. The molecule has 1 aromatic rings. The van der Waals surface area contributed by atoms with Crippen molar-refractivity contribution in [2.24, 2.45) is 0 Å². The van der Waals surface area contributed by atoms with Gasteiger partial charge in [0.25, 0.3) is 0 Å². The first-order valence-electron chi connectivity index (χ1n) is 9.13. The highest BCUT2D eigenvalue weighted by Crippen LogP contribution is 2.29. The maximum atomic E-state index is 12.2. The molecule has 2 N–H and O–H groups in total. The first kappa shape index (κ1) is 17.7. The Morgan fingerprint density at radius 3 is 2.72 bits per heavy atom. The molecule has 1 aliphatic heterocycles. The third-order valence-corrected chi connectivity index (χ3v) is 5.03. The number of nitrogens with one attached hydrogen (secondary N) is 1. The standard InChI is InChI=1S/C19H26N2O4/c22-18-13-21(16-5-4-6-16)12-15-8-7-14(19(23)24)11-17(15)25-10-3-1-2-9-20-18/h7-8,11,16H,1-6,9-10,12-13H2,(H,20,22)(H,23,24). The number of amides is 1. The minimum Gasteiger partial charge on any atom is -0.493 e. The van der Waals surface area contributed by atoms with Gasteiger partial charge in [0.05, 0.1) is 18.7 Å². The zero-order valence-electron chi connectivity index (χ0n) is 14.5. The Labute approximate surface area is 148 Å². The van der Waals surface area contributed by atoms with Gasteiger partial charge in [0, 0.05) is 24.7 Å². The smallest absolute Gasteiger partial charge is 0.335 e. The molecule has 0 saturated heterocycles. The second-order valence-corrected chi connectivity index (χ2v) is 6.88. The Kier molecular flexibility index (Phi) is 5.91. The molecule has 0 bridgehead atoms. The number of carbonyl (C=O) groups is 2. The number of carboxylic acids is 1. The third-order valence-electron chi connectivity index (χ3n) is 5.03. The van der Waals surface area contributed by atoms with Crippen molar-refractivity contribution < 1.29 is 19.4 Å². The molecule has 3 rings (SSSR count). The highest BCUT2D eigenvalue weighted by atomic mass is 16.5. The van der Waals surface area contributed by atoms with E-state index in [2.05, 4.69) is 10.2 Å². The molecule has 2 aliphatic rings. The van der Waals surface area contributed by atoms with Crippen LogP contribution in [-0.2, 0) is 11.3 Å². The molecule has 1 aliphatic carbocycles. The number of carboxylic acid groups (broad SMARTS) is 1. The van der Waals surface area contributed by atoms with Gasteiger partial charge in [-0.15, -0.1) is 0 Å². The van der Waals surface area contributed by atoms with Crippen LogP contribution in [0.4, 0.5) is 0 Å². The summed E-state index contributed by atoms with van der Waals surface area (Å²) < 4.78 is 5.90. The lowest BCUT2D eigenvalue weighted by Crippen LogP contribution is -2.45. The van der Waals surface area contributed by atoms with Crippen LogP contribution in [0.2, 0.25) is 0 Å². The molecule has 0 radical (unpaired) electrons.